The number of carbonyl (C=O) groups is 8. The number of nitrogens with two attached hydrogens (primary N) is 1. The van der Waals surface area contributed by atoms with Crippen LogP contribution in [-0.2, 0) is 51.2 Å². The molecule has 0 unspecified atom stereocenters. The molecule has 6 rings (SSSR count). The van der Waals surface area contributed by atoms with E-state index in [1.54, 1.807) is 87.8 Å². The number of esters is 4. The van der Waals surface area contributed by atoms with Crippen LogP contribution in [0.5, 0.6) is 0 Å². The average molecular weight is 1400 g/mol. The summed E-state index contributed by atoms with van der Waals surface area (Å²) in [5, 5.41) is 8.95. The monoisotopic (exact) mass is 1400 g/mol. The lowest BCUT2D eigenvalue weighted by atomic mass is 10.1. The maximum atomic E-state index is 12.1. The van der Waals surface area contributed by atoms with Crippen molar-refractivity contribution in [3.05, 3.63) is 150 Å². The molecule has 0 aliphatic heterocycles. The summed E-state index contributed by atoms with van der Waals surface area (Å²) in [6.45, 7) is 25.7. The maximum Gasteiger partial charge on any atom is 0.375 e. The third-order valence-corrected chi connectivity index (χ3v) is 12.3. The Hall–Kier alpha value is -6.30. The Labute approximate surface area is 520 Å². The van der Waals surface area contributed by atoms with Gasteiger partial charge in [0.1, 0.15) is 5.69 Å². The molecule has 0 saturated carbocycles. The van der Waals surface area contributed by atoms with E-state index in [9.17, 15) is 38.4 Å². The minimum atomic E-state index is -0.960. The van der Waals surface area contributed by atoms with E-state index < -0.39 is 35.7 Å². The fraction of sp³-hybridized carbons (Fsp3) is 0.377. The van der Waals surface area contributed by atoms with Gasteiger partial charge in [-0.15, -0.1) is 0 Å². The first-order valence-corrected chi connectivity index (χ1v) is 29.8. The van der Waals surface area contributed by atoms with E-state index in [0.717, 1.165) is 59.1 Å². The summed E-state index contributed by atoms with van der Waals surface area (Å²) in [6, 6.07) is 33.3. The molecule has 83 heavy (non-hydrogen) atoms. The van der Waals surface area contributed by atoms with Crippen molar-refractivity contribution in [1.82, 2.24) is 25.0 Å². The zero-order valence-electron chi connectivity index (χ0n) is 49.1. The molecule has 4 aromatic carbocycles. The Balaban J connectivity index is 0.000000524. The second-order valence-corrected chi connectivity index (χ2v) is 22.5. The summed E-state index contributed by atoms with van der Waals surface area (Å²) in [4.78, 5) is 88.8. The summed E-state index contributed by atoms with van der Waals surface area (Å²) in [5.74, 6) is 2.40. The molecule has 0 saturated heterocycles. The fourth-order valence-electron chi connectivity index (χ4n) is 6.41. The molecule has 450 valence electrons. The lowest BCUT2D eigenvalue weighted by molar-refractivity contribution is -0.153. The van der Waals surface area contributed by atoms with E-state index in [0.29, 0.717) is 54.5 Å². The van der Waals surface area contributed by atoms with Gasteiger partial charge in [-0.25, -0.2) is 19.2 Å². The molecule has 0 bridgehead atoms. The van der Waals surface area contributed by atoms with Crippen molar-refractivity contribution >= 4 is 111 Å². The molecular formula is C61H76Br4N6O12. The molecule has 2 heterocycles. The van der Waals surface area contributed by atoms with Gasteiger partial charge in [-0.1, -0.05) is 154 Å². The number of hydrazine groups is 1. The number of halogens is 4. The topological polar surface area (TPSA) is 247 Å². The minimum absolute atomic E-state index is 0.104. The highest BCUT2D eigenvalue weighted by Gasteiger charge is 2.21. The highest BCUT2D eigenvalue weighted by molar-refractivity contribution is 9.11. The standard InChI is InChI=1S/2C16H19BrN2O2.C12H11BrO4.C8H7BrO.C5H8O3.C4H12N2/c1-4-21-16(20)14-9-15(19(18-14)10-11(2)3)12-5-7-13(17)8-6-12;1-4-21-16(20)15-9-14(18-19(15)10-11(2)3)12-5-7-13(17)8-6-12;1-2-17-12(16)11(15)7-10(14)8-3-5-9(13)6-4-8;1-6(10)7-2-4-8(9)5-3-7;1-3-8-5(7)4(2)6;1-4(2)3-6-5/h2*5-9,11H,4,10H2,1-3H3;3-6H,2,7H2,1H3;2-5H,1H3;3H2,1-2H3;4,6H,3,5H2,1-2H3. The fourth-order valence-corrected chi connectivity index (χ4v) is 7.47. The normalized spacial score (nSPS) is 10.2. The van der Waals surface area contributed by atoms with Gasteiger partial charge >= 0.3 is 23.9 Å². The first kappa shape index (κ1) is 74.7. The van der Waals surface area contributed by atoms with Gasteiger partial charge in [0.25, 0.3) is 0 Å². The molecular weight excluding hydrogens is 1330 g/mol. The molecule has 0 spiro atoms. The van der Waals surface area contributed by atoms with Crippen LogP contribution in [0.3, 0.4) is 0 Å². The average Bonchev–Trinajstić information content (AvgIpc) is 4.29. The summed E-state index contributed by atoms with van der Waals surface area (Å²) in [6.07, 6.45) is -0.458. The van der Waals surface area contributed by atoms with Crippen molar-refractivity contribution in [1.29, 1.82) is 0 Å². The number of rotatable bonds is 20. The number of carbonyl (C=O) groups excluding carboxylic acids is 8. The molecule has 3 N–H and O–H groups in total. The molecule has 2 aromatic heterocycles. The Morgan fingerprint density at radius 1 is 0.518 bits per heavy atom. The summed E-state index contributed by atoms with van der Waals surface area (Å²) >= 11 is 13.4. The first-order valence-electron chi connectivity index (χ1n) is 26.6. The third-order valence-electron chi connectivity index (χ3n) is 10.2. The maximum absolute atomic E-state index is 12.1. The quantitative estimate of drug-likeness (QED) is 0.0137. The van der Waals surface area contributed by atoms with Crippen molar-refractivity contribution in [3.8, 4) is 22.5 Å². The molecule has 0 radical (unpaired) electrons. The van der Waals surface area contributed by atoms with Crippen molar-refractivity contribution < 1.29 is 57.3 Å². The van der Waals surface area contributed by atoms with Crippen LogP contribution in [0.25, 0.3) is 22.5 Å². The van der Waals surface area contributed by atoms with Crippen molar-refractivity contribution in [2.45, 2.75) is 103 Å². The zero-order chi connectivity index (χ0) is 62.8. The van der Waals surface area contributed by atoms with Gasteiger partial charge in [0, 0.05) is 61.1 Å². The Bertz CT molecular complexity index is 2980. The van der Waals surface area contributed by atoms with Gasteiger partial charge in [-0.3, -0.25) is 39.8 Å². The highest BCUT2D eigenvalue weighted by Crippen LogP contribution is 2.25. The number of nitrogens with zero attached hydrogens (tertiary/aromatic N) is 4. The van der Waals surface area contributed by atoms with Crippen LogP contribution < -0.4 is 11.3 Å². The first-order chi connectivity index (χ1) is 39.2. The Morgan fingerprint density at radius 3 is 1.34 bits per heavy atom. The molecule has 0 aliphatic rings. The molecule has 0 amide bonds. The van der Waals surface area contributed by atoms with E-state index in [4.69, 9.17) is 15.3 Å². The van der Waals surface area contributed by atoms with Crippen LogP contribution >= 0.6 is 63.7 Å². The minimum Gasteiger partial charge on any atom is -0.461 e. The largest absolute Gasteiger partial charge is 0.461 e. The van der Waals surface area contributed by atoms with Crippen molar-refractivity contribution in [3.63, 3.8) is 0 Å². The van der Waals surface area contributed by atoms with Gasteiger partial charge in [0.15, 0.2) is 17.3 Å². The predicted molar refractivity (Wildman–Crippen MR) is 336 cm³/mol. The third kappa shape index (κ3) is 30.2. The Kier molecular flexibility index (Phi) is 36.8. The van der Waals surface area contributed by atoms with Crippen LogP contribution in [0.4, 0.5) is 0 Å². The summed E-state index contributed by atoms with van der Waals surface area (Å²) in [5.41, 5.74) is 8.30. The van der Waals surface area contributed by atoms with Gasteiger partial charge < -0.3 is 18.9 Å². The van der Waals surface area contributed by atoms with Crippen LogP contribution in [-0.4, -0.2) is 99.5 Å². The number of nitrogens with one attached hydrogen (secondary N) is 1. The highest BCUT2D eigenvalue weighted by atomic mass is 79.9. The van der Waals surface area contributed by atoms with Crippen LogP contribution in [0.15, 0.2) is 127 Å². The zero-order valence-corrected chi connectivity index (χ0v) is 55.4. The number of benzene rings is 4. The van der Waals surface area contributed by atoms with Crippen molar-refractivity contribution in [2.24, 2.45) is 23.6 Å². The van der Waals surface area contributed by atoms with Gasteiger partial charge in [-0.2, -0.15) is 10.2 Å². The summed E-state index contributed by atoms with van der Waals surface area (Å²) < 4.78 is 26.5. The molecule has 6 aromatic rings. The van der Waals surface area contributed by atoms with Crippen LogP contribution in [0.2, 0.25) is 0 Å². The number of hydrogen-bond donors (Lipinski definition) is 2. The second-order valence-electron chi connectivity index (χ2n) is 18.8. The van der Waals surface area contributed by atoms with Gasteiger partial charge in [0.2, 0.25) is 11.6 Å². The van der Waals surface area contributed by atoms with Gasteiger partial charge in [-0.05, 0) is 119 Å². The number of ether oxygens (including phenoxy) is 4. The molecule has 0 aliphatic carbocycles. The van der Waals surface area contributed by atoms with E-state index >= 15 is 0 Å². The summed E-state index contributed by atoms with van der Waals surface area (Å²) in [7, 11) is 0. The smallest absolute Gasteiger partial charge is 0.375 e. The number of aromatic nitrogens is 4. The van der Waals surface area contributed by atoms with E-state index in [-0.39, 0.29) is 30.9 Å². The number of Topliss-reactive ketones (excluding diaryl/α,β-unsaturated/α-hetero) is 4. The SMILES string of the molecule is CC(=O)c1ccc(Br)cc1.CC(C)CNN.CCOC(=O)C(=O)CC(=O)c1ccc(Br)cc1.CCOC(=O)C(C)=O.CCOC(=O)c1cc(-c2ccc(Br)cc2)n(CC(C)C)n1.CCOC(=O)c1cc(-c2ccc(Br)cc2)nn1CC(C)C. The second kappa shape index (κ2) is 40.8. The van der Waals surface area contributed by atoms with Crippen LogP contribution in [0.1, 0.15) is 131 Å². The number of ketones is 4. The Morgan fingerprint density at radius 2 is 0.940 bits per heavy atom. The van der Waals surface area contributed by atoms with E-state index in [1.165, 1.54) is 6.92 Å². The van der Waals surface area contributed by atoms with E-state index in [2.05, 4.69) is 130 Å². The lowest BCUT2D eigenvalue weighted by Crippen LogP contribution is -2.26. The predicted octanol–water partition coefficient (Wildman–Crippen LogP) is 13.3. The number of hydrogen-bond acceptors (Lipinski definition) is 16. The molecule has 0 fully saturated rings. The molecule has 22 heteroatoms. The van der Waals surface area contributed by atoms with Gasteiger partial charge in [0.05, 0.1) is 44.2 Å². The molecule has 0 atom stereocenters. The van der Waals surface area contributed by atoms with Crippen molar-refractivity contribution in [2.75, 3.05) is 33.0 Å². The van der Waals surface area contributed by atoms with Crippen LogP contribution in [0, 0.1) is 17.8 Å². The van der Waals surface area contributed by atoms with E-state index in [1.807, 2.05) is 65.3 Å². The molecule has 18 nitrogen and oxygen atoms in total. The lowest BCUT2D eigenvalue weighted by Gasteiger charge is -2.09.